The van der Waals surface area contributed by atoms with E-state index in [9.17, 15) is 14.7 Å². The standard InChI is InChI=1S/C19H19BrN2O4/c1-13-18(24)21(19(25)22(13)15-5-3-2-4-6-15)11-16(23)12-26-17-9-7-14(20)8-10-17/h2-10,13,16,23H,11-12H2,1H3/t13-,16+/m0/s1. The number of hydrogen-bond acceptors (Lipinski definition) is 4. The Bertz CT molecular complexity index is 782. The highest BCUT2D eigenvalue weighted by atomic mass is 79.9. The van der Waals surface area contributed by atoms with Crippen LogP contribution in [-0.4, -0.2) is 47.2 Å². The number of halogens is 1. The molecule has 2 aromatic carbocycles. The second kappa shape index (κ2) is 7.88. The lowest BCUT2D eigenvalue weighted by Crippen LogP contribution is -2.40. The van der Waals surface area contributed by atoms with Gasteiger partial charge in [-0.25, -0.2) is 4.79 Å². The molecule has 6 nitrogen and oxygen atoms in total. The lowest BCUT2D eigenvalue weighted by molar-refractivity contribution is -0.128. The van der Waals surface area contributed by atoms with Crippen molar-refractivity contribution in [3.8, 4) is 5.75 Å². The lowest BCUT2D eigenvalue weighted by Gasteiger charge is -2.20. The fourth-order valence-corrected chi connectivity index (χ4v) is 3.07. The van der Waals surface area contributed by atoms with E-state index in [1.807, 2.05) is 30.3 Å². The van der Waals surface area contributed by atoms with Gasteiger partial charge in [-0.05, 0) is 43.3 Å². The molecule has 136 valence electrons. The smallest absolute Gasteiger partial charge is 0.332 e. The maximum absolute atomic E-state index is 12.6. The molecule has 1 heterocycles. The van der Waals surface area contributed by atoms with Gasteiger partial charge in [0.15, 0.2) is 0 Å². The Hall–Kier alpha value is -2.38. The molecule has 1 aliphatic heterocycles. The van der Waals surface area contributed by atoms with E-state index in [0.29, 0.717) is 11.4 Å². The normalized spacial score (nSPS) is 18.3. The number of hydrogen-bond donors (Lipinski definition) is 1. The fraction of sp³-hybridized carbons (Fsp3) is 0.263. The molecule has 1 fully saturated rings. The molecule has 26 heavy (non-hydrogen) atoms. The minimum Gasteiger partial charge on any atom is -0.491 e. The summed E-state index contributed by atoms with van der Waals surface area (Å²) in [5.41, 5.74) is 0.654. The number of amides is 3. The van der Waals surface area contributed by atoms with Crippen LogP contribution in [0.3, 0.4) is 0 Å². The summed E-state index contributed by atoms with van der Waals surface area (Å²) in [6, 6.07) is 15.2. The van der Waals surface area contributed by atoms with Gasteiger partial charge in [0.05, 0.1) is 6.54 Å². The van der Waals surface area contributed by atoms with E-state index in [2.05, 4.69) is 15.9 Å². The highest BCUT2D eigenvalue weighted by Crippen LogP contribution is 2.25. The largest absolute Gasteiger partial charge is 0.491 e. The Labute approximate surface area is 160 Å². The van der Waals surface area contributed by atoms with Gasteiger partial charge in [-0.15, -0.1) is 0 Å². The Balaban J connectivity index is 1.62. The van der Waals surface area contributed by atoms with Crippen LogP contribution in [-0.2, 0) is 4.79 Å². The number of carbonyl (C=O) groups is 2. The van der Waals surface area contributed by atoms with E-state index in [1.54, 1.807) is 31.2 Å². The number of rotatable bonds is 6. The number of β-amino-alcohol motifs (C(OH)–C–C–N with tert-alkyl or cyclic N) is 1. The first-order chi connectivity index (χ1) is 12.5. The number of aliphatic hydroxyl groups is 1. The molecule has 1 saturated heterocycles. The Morgan fingerprint density at radius 1 is 1.12 bits per heavy atom. The van der Waals surface area contributed by atoms with Gasteiger partial charge in [-0.1, -0.05) is 34.1 Å². The van der Waals surface area contributed by atoms with Crippen molar-refractivity contribution in [3.05, 3.63) is 59.1 Å². The first-order valence-corrected chi connectivity index (χ1v) is 9.02. The number of carbonyl (C=O) groups excluding carboxylic acids is 2. The average Bonchev–Trinajstić information content (AvgIpc) is 2.85. The Morgan fingerprint density at radius 2 is 1.77 bits per heavy atom. The number of imide groups is 1. The number of para-hydroxylation sites is 1. The second-order valence-electron chi connectivity index (χ2n) is 6.03. The second-order valence-corrected chi connectivity index (χ2v) is 6.95. The first kappa shape index (κ1) is 18.4. The van der Waals surface area contributed by atoms with Crippen LogP contribution >= 0.6 is 15.9 Å². The van der Waals surface area contributed by atoms with Crippen LogP contribution in [0.15, 0.2) is 59.1 Å². The summed E-state index contributed by atoms with van der Waals surface area (Å²) in [5, 5.41) is 10.2. The predicted molar refractivity (Wildman–Crippen MR) is 101 cm³/mol. The van der Waals surface area contributed by atoms with Crippen molar-refractivity contribution < 1.29 is 19.4 Å². The first-order valence-electron chi connectivity index (χ1n) is 8.23. The van der Waals surface area contributed by atoms with Crippen molar-refractivity contribution in [2.45, 2.75) is 19.1 Å². The Kier molecular flexibility index (Phi) is 5.58. The highest BCUT2D eigenvalue weighted by molar-refractivity contribution is 9.10. The predicted octanol–water partition coefficient (Wildman–Crippen LogP) is 3.05. The zero-order valence-electron chi connectivity index (χ0n) is 14.2. The van der Waals surface area contributed by atoms with Crippen LogP contribution in [0.1, 0.15) is 6.92 Å². The number of ether oxygens (including phenoxy) is 1. The van der Waals surface area contributed by atoms with Gasteiger partial charge in [0.2, 0.25) is 0 Å². The molecule has 2 aromatic rings. The molecule has 0 aromatic heterocycles. The van der Waals surface area contributed by atoms with Gasteiger partial charge in [-0.2, -0.15) is 0 Å². The van der Waals surface area contributed by atoms with Crippen LogP contribution in [0.2, 0.25) is 0 Å². The van der Waals surface area contributed by atoms with Crippen LogP contribution in [0.5, 0.6) is 5.75 Å². The summed E-state index contributed by atoms with van der Waals surface area (Å²) in [4.78, 5) is 27.6. The molecule has 1 aliphatic rings. The third kappa shape index (κ3) is 3.89. The number of urea groups is 1. The number of aliphatic hydroxyl groups excluding tert-OH is 1. The van der Waals surface area contributed by atoms with Crippen molar-refractivity contribution in [1.82, 2.24) is 4.90 Å². The van der Waals surface area contributed by atoms with E-state index in [4.69, 9.17) is 4.74 Å². The number of benzene rings is 2. The van der Waals surface area contributed by atoms with E-state index in [0.717, 1.165) is 9.37 Å². The summed E-state index contributed by atoms with van der Waals surface area (Å²) < 4.78 is 6.43. The summed E-state index contributed by atoms with van der Waals surface area (Å²) >= 11 is 3.34. The maximum atomic E-state index is 12.6. The van der Waals surface area contributed by atoms with Crippen LogP contribution in [0.4, 0.5) is 10.5 Å². The van der Waals surface area contributed by atoms with Crippen molar-refractivity contribution in [2.24, 2.45) is 0 Å². The van der Waals surface area contributed by atoms with Crippen molar-refractivity contribution >= 4 is 33.6 Å². The summed E-state index contributed by atoms with van der Waals surface area (Å²) in [7, 11) is 0. The summed E-state index contributed by atoms with van der Waals surface area (Å²) in [5.74, 6) is 0.271. The molecule has 0 radical (unpaired) electrons. The van der Waals surface area contributed by atoms with Gasteiger partial charge in [0.25, 0.3) is 5.91 Å². The molecule has 7 heteroatoms. The molecule has 3 amide bonds. The molecule has 1 N–H and O–H groups in total. The lowest BCUT2D eigenvalue weighted by atomic mass is 10.2. The molecule has 0 spiro atoms. The highest BCUT2D eigenvalue weighted by Gasteiger charge is 2.43. The molecule has 0 unspecified atom stereocenters. The van der Waals surface area contributed by atoms with Gasteiger partial charge >= 0.3 is 6.03 Å². The van der Waals surface area contributed by atoms with E-state index >= 15 is 0 Å². The number of anilines is 1. The third-order valence-corrected chi connectivity index (χ3v) is 4.66. The summed E-state index contributed by atoms with van der Waals surface area (Å²) in [6.07, 6.45) is -0.977. The summed E-state index contributed by atoms with van der Waals surface area (Å²) in [6.45, 7) is 1.55. The van der Waals surface area contributed by atoms with Crippen molar-refractivity contribution in [1.29, 1.82) is 0 Å². The number of nitrogens with zero attached hydrogens (tertiary/aromatic N) is 2. The Morgan fingerprint density at radius 3 is 2.42 bits per heavy atom. The molecule has 0 aliphatic carbocycles. The molecule has 2 atom stereocenters. The van der Waals surface area contributed by atoms with Gasteiger partial charge in [0, 0.05) is 10.2 Å². The van der Waals surface area contributed by atoms with Gasteiger partial charge in [0.1, 0.15) is 24.5 Å². The van der Waals surface area contributed by atoms with Crippen molar-refractivity contribution in [3.63, 3.8) is 0 Å². The molecule has 3 rings (SSSR count). The molecule has 0 bridgehead atoms. The zero-order chi connectivity index (χ0) is 18.7. The molecular formula is C19H19BrN2O4. The SMILES string of the molecule is C[C@H]1C(=O)N(C[C@@H](O)COc2ccc(Br)cc2)C(=O)N1c1ccccc1. The van der Waals surface area contributed by atoms with E-state index in [-0.39, 0.29) is 19.1 Å². The molecular weight excluding hydrogens is 400 g/mol. The van der Waals surface area contributed by atoms with Gasteiger partial charge in [-0.3, -0.25) is 14.6 Å². The minimum atomic E-state index is -0.977. The maximum Gasteiger partial charge on any atom is 0.332 e. The molecule has 0 saturated carbocycles. The fourth-order valence-electron chi connectivity index (χ4n) is 2.80. The monoisotopic (exact) mass is 418 g/mol. The van der Waals surface area contributed by atoms with Crippen LogP contribution < -0.4 is 9.64 Å². The van der Waals surface area contributed by atoms with Crippen molar-refractivity contribution in [2.75, 3.05) is 18.1 Å². The van der Waals surface area contributed by atoms with Crippen LogP contribution in [0.25, 0.3) is 0 Å². The zero-order valence-corrected chi connectivity index (χ0v) is 15.8. The van der Waals surface area contributed by atoms with E-state index < -0.39 is 18.2 Å². The van der Waals surface area contributed by atoms with Crippen LogP contribution in [0, 0.1) is 0 Å². The van der Waals surface area contributed by atoms with E-state index in [1.165, 1.54) is 4.90 Å². The van der Waals surface area contributed by atoms with Gasteiger partial charge < -0.3 is 9.84 Å². The quantitative estimate of drug-likeness (QED) is 0.731. The minimum absolute atomic E-state index is 0.0155. The topological polar surface area (TPSA) is 70.1 Å². The third-order valence-electron chi connectivity index (χ3n) is 4.13. The average molecular weight is 419 g/mol.